The fourth-order valence-corrected chi connectivity index (χ4v) is 2.50. The van der Waals surface area contributed by atoms with Crippen molar-refractivity contribution < 1.29 is 0 Å². The van der Waals surface area contributed by atoms with Crippen molar-refractivity contribution in [1.82, 2.24) is 14.8 Å². The predicted octanol–water partition coefficient (Wildman–Crippen LogP) is 1.75. The number of aromatic nitrogens is 3. The van der Waals surface area contributed by atoms with E-state index in [1.807, 2.05) is 0 Å². The van der Waals surface area contributed by atoms with Gasteiger partial charge >= 0.3 is 0 Å². The summed E-state index contributed by atoms with van der Waals surface area (Å²) in [5.41, 5.74) is 5.91. The van der Waals surface area contributed by atoms with E-state index in [0.29, 0.717) is 6.04 Å². The first-order valence-corrected chi connectivity index (χ1v) is 6.42. The van der Waals surface area contributed by atoms with Crippen LogP contribution in [0, 0.1) is 5.92 Å². The Morgan fingerprint density at radius 2 is 2.12 bits per heavy atom. The van der Waals surface area contributed by atoms with Gasteiger partial charge in [-0.05, 0) is 38.0 Å². The maximum absolute atomic E-state index is 5.91. The highest BCUT2D eigenvalue weighted by molar-refractivity contribution is 4.89. The molecule has 0 amide bonds. The third-order valence-electron chi connectivity index (χ3n) is 3.49. The molecule has 4 heteroatoms. The van der Waals surface area contributed by atoms with E-state index in [0.717, 1.165) is 31.1 Å². The third kappa shape index (κ3) is 2.82. The van der Waals surface area contributed by atoms with Crippen LogP contribution < -0.4 is 5.73 Å². The van der Waals surface area contributed by atoms with Crippen molar-refractivity contribution in [2.75, 3.05) is 0 Å². The van der Waals surface area contributed by atoms with Crippen LogP contribution in [0.5, 0.6) is 0 Å². The number of hydrogen-bond donors (Lipinski definition) is 1. The van der Waals surface area contributed by atoms with Crippen LogP contribution in [0.3, 0.4) is 0 Å². The molecule has 0 spiro atoms. The first-order chi connectivity index (χ1) is 7.79. The molecule has 2 rings (SSSR count). The lowest BCUT2D eigenvalue weighted by Gasteiger charge is -2.25. The van der Waals surface area contributed by atoms with Crippen molar-refractivity contribution in [1.29, 1.82) is 0 Å². The van der Waals surface area contributed by atoms with Gasteiger partial charge in [0.15, 0.2) is 0 Å². The maximum atomic E-state index is 5.91. The Kier molecular flexibility index (Phi) is 3.93. The van der Waals surface area contributed by atoms with Gasteiger partial charge < -0.3 is 5.73 Å². The van der Waals surface area contributed by atoms with E-state index in [1.165, 1.54) is 25.7 Å². The quantitative estimate of drug-likeness (QED) is 0.844. The Hall–Kier alpha value is -0.900. The van der Waals surface area contributed by atoms with Gasteiger partial charge in [0.25, 0.3) is 0 Å². The summed E-state index contributed by atoms with van der Waals surface area (Å²) in [6.45, 7) is 3.16. The van der Waals surface area contributed by atoms with Gasteiger partial charge in [0.05, 0.1) is 0 Å². The van der Waals surface area contributed by atoms with Crippen LogP contribution in [0.25, 0.3) is 0 Å². The van der Waals surface area contributed by atoms with Crippen molar-refractivity contribution in [2.45, 2.75) is 58.0 Å². The lowest BCUT2D eigenvalue weighted by Crippen LogP contribution is -2.27. The topological polar surface area (TPSA) is 56.7 Å². The summed E-state index contributed by atoms with van der Waals surface area (Å²) >= 11 is 0. The molecular formula is C12H22N4. The van der Waals surface area contributed by atoms with Crippen LogP contribution in [0.15, 0.2) is 6.33 Å². The van der Waals surface area contributed by atoms with Gasteiger partial charge in [-0.3, -0.25) is 4.68 Å². The lowest BCUT2D eigenvalue weighted by atomic mass is 9.84. The fraction of sp³-hybridized carbons (Fsp3) is 0.833. The standard InChI is InChI=1S/C12H22N4/c1-2-7-16-12(14-9-15-16)8-10-3-5-11(13)6-4-10/h9-11H,2-8,13H2,1H3. The van der Waals surface area contributed by atoms with Crippen molar-refractivity contribution in [3.8, 4) is 0 Å². The Bertz CT molecular complexity index is 313. The summed E-state index contributed by atoms with van der Waals surface area (Å²) in [6.07, 6.45) is 8.72. The Morgan fingerprint density at radius 1 is 1.38 bits per heavy atom. The monoisotopic (exact) mass is 222 g/mol. The van der Waals surface area contributed by atoms with Crippen LogP contribution in [0.1, 0.15) is 44.9 Å². The molecule has 1 aromatic rings. The van der Waals surface area contributed by atoms with Gasteiger partial charge in [-0.25, -0.2) is 4.98 Å². The van der Waals surface area contributed by atoms with Crippen molar-refractivity contribution in [3.63, 3.8) is 0 Å². The average Bonchev–Trinajstić information content (AvgIpc) is 2.70. The Balaban J connectivity index is 1.90. The van der Waals surface area contributed by atoms with Crippen LogP contribution in [-0.4, -0.2) is 20.8 Å². The average molecular weight is 222 g/mol. The SMILES string of the molecule is CCCn1ncnc1CC1CCC(N)CC1. The second kappa shape index (κ2) is 5.43. The first kappa shape index (κ1) is 11.6. The van der Waals surface area contributed by atoms with E-state index in [-0.39, 0.29) is 0 Å². The van der Waals surface area contributed by atoms with Gasteiger partial charge in [-0.15, -0.1) is 0 Å². The molecule has 1 aliphatic rings. The summed E-state index contributed by atoms with van der Waals surface area (Å²) in [5.74, 6) is 1.92. The van der Waals surface area contributed by atoms with Crippen molar-refractivity contribution in [2.24, 2.45) is 11.7 Å². The molecule has 16 heavy (non-hydrogen) atoms. The van der Waals surface area contributed by atoms with E-state index >= 15 is 0 Å². The molecule has 1 aliphatic carbocycles. The highest BCUT2D eigenvalue weighted by Crippen LogP contribution is 2.25. The number of aryl methyl sites for hydroxylation is 1. The lowest BCUT2D eigenvalue weighted by molar-refractivity contribution is 0.316. The molecule has 0 unspecified atom stereocenters. The Labute approximate surface area is 97.2 Å². The predicted molar refractivity (Wildman–Crippen MR) is 64.0 cm³/mol. The zero-order valence-electron chi connectivity index (χ0n) is 10.1. The number of nitrogens with zero attached hydrogens (tertiary/aromatic N) is 3. The Morgan fingerprint density at radius 3 is 2.81 bits per heavy atom. The molecule has 1 fully saturated rings. The third-order valence-corrected chi connectivity index (χ3v) is 3.49. The van der Waals surface area contributed by atoms with Crippen LogP contribution in [0.4, 0.5) is 0 Å². The summed E-state index contributed by atoms with van der Waals surface area (Å²) in [4.78, 5) is 4.37. The number of nitrogens with two attached hydrogens (primary N) is 1. The zero-order chi connectivity index (χ0) is 11.4. The molecule has 4 nitrogen and oxygen atoms in total. The largest absolute Gasteiger partial charge is 0.328 e. The normalized spacial score (nSPS) is 25.9. The summed E-state index contributed by atoms with van der Waals surface area (Å²) < 4.78 is 2.05. The molecular weight excluding hydrogens is 200 g/mol. The molecule has 0 radical (unpaired) electrons. The van der Waals surface area contributed by atoms with E-state index in [9.17, 15) is 0 Å². The molecule has 1 heterocycles. The minimum atomic E-state index is 0.435. The van der Waals surface area contributed by atoms with E-state index in [2.05, 4.69) is 21.7 Å². The summed E-state index contributed by atoms with van der Waals surface area (Å²) in [5, 5.41) is 4.27. The van der Waals surface area contributed by atoms with Crippen LogP contribution in [-0.2, 0) is 13.0 Å². The molecule has 1 saturated carbocycles. The molecule has 0 bridgehead atoms. The van der Waals surface area contributed by atoms with Gasteiger partial charge in [0.2, 0.25) is 0 Å². The highest BCUT2D eigenvalue weighted by Gasteiger charge is 2.20. The van der Waals surface area contributed by atoms with E-state index in [4.69, 9.17) is 5.73 Å². The highest BCUT2D eigenvalue weighted by atomic mass is 15.3. The first-order valence-electron chi connectivity index (χ1n) is 6.42. The van der Waals surface area contributed by atoms with Crippen molar-refractivity contribution >= 4 is 0 Å². The second-order valence-electron chi connectivity index (χ2n) is 4.88. The van der Waals surface area contributed by atoms with Gasteiger partial charge in [-0.2, -0.15) is 5.10 Å². The second-order valence-corrected chi connectivity index (χ2v) is 4.88. The number of rotatable bonds is 4. The van der Waals surface area contributed by atoms with Crippen molar-refractivity contribution in [3.05, 3.63) is 12.2 Å². The van der Waals surface area contributed by atoms with E-state index in [1.54, 1.807) is 6.33 Å². The van der Waals surface area contributed by atoms with E-state index < -0.39 is 0 Å². The smallest absolute Gasteiger partial charge is 0.138 e. The molecule has 90 valence electrons. The molecule has 0 atom stereocenters. The minimum Gasteiger partial charge on any atom is -0.328 e. The maximum Gasteiger partial charge on any atom is 0.138 e. The summed E-state index contributed by atoms with van der Waals surface area (Å²) in [6, 6.07) is 0.435. The van der Waals surface area contributed by atoms with Crippen LogP contribution in [0.2, 0.25) is 0 Å². The molecule has 1 aromatic heterocycles. The molecule has 2 N–H and O–H groups in total. The fourth-order valence-electron chi connectivity index (χ4n) is 2.50. The van der Waals surface area contributed by atoms with Gasteiger partial charge in [-0.1, -0.05) is 6.92 Å². The van der Waals surface area contributed by atoms with Gasteiger partial charge in [0, 0.05) is 19.0 Å². The summed E-state index contributed by atoms with van der Waals surface area (Å²) in [7, 11) is 0. The zero-order valence-corrected chi connectivity index (χ0v) is 10.1. The molecule has 0 aliphatic heterocycles. The number of hydrogen-bond acceptors (Lipinski definition) is 3. The van der Waals surface area contributed by atoms with Gasteiger partial charge in [0.1, 0.15) is 12.2 Å². The van der Waals surface area contributed by atoms with Crippen LogP contribution >= 0.6 is 0 Å². The molecule has 0 saturated heterocycles. The molecule has 0 aromatic carbocycles. The minimum absolute atomic E-state index is 0.435.